The zero-order valence-electron chi connectivity index (χ0n) is 21.3. The molecule has 0 bridgehead atoms. The summed E-state index contributed by atoms with van der Waals surface area (Å²) in [6.45, 7) is 7.53. The summed E-state index contributed by atoms with van der Waals surface area (Å²) in [5.41, 5.74) is 3.83. The van der Waals surface area contributed by atoms with Crippen molar-refractivity contribution >= 4 is 15.8 Å². The third-order valence-electron chi connectivity index (χ3n) is 6.85. The van der Waals surface area contributed by atoms with E-state index >= 15 is 0 Å². The van der Waals surface area contributed by atoms with Gasteiger partial charge < -0.3 is 14.2 Å². The third kappa shape index (κ3) is 4.12. The molecule has 2 aliphatic rings. The van der Waals surface area contributed by atoms with Crippen LogP contribution >= 0.6 is 0 Å². The molecule has 3 aromatic heterocycles. The van der Waals surface area contributed by atoms with E-state index in [9.17, 15) is 13.2 Å². The molecule has 1 N–H and O–H groups in total. The Morgan fingerprint density at radius 3 is 2.53 bits per heavy atom. The maximum atomic E-state index is 13.6. The number of H-pyrrole nitrogens is 1. The quantitative estimate of drug-likeness (QED) is 0.405. The highest BCUT2D eigenvalue weighted by Crippen LogP contribution is 2.35. The predicted molar refractivity (Wildman–Crippen MR) is 138 cm³/mol. The molecule has 2 aliphatic heterocycles. The third-order valence-corrected chi connectivity index (χ3v) is 8.88. The number of anilines is 1. The number of nitrogens with zero attached hydrogens (tertiary/aromatic N) is 6. The summed E-state index contributed by atoms with van der Waals surface area (Å²) < 4.78 is 40.4. The summed E-state index contributed by atoms with van der Waals surface area (Å²) in [4.78, 5) is 24.6. The van der Waals surface area contributed by atoms with Crippen molar-refractivity contribution in [2.45, 2.75) is 38.8 Å². The predicted octanol–water partition coefficient (Wildman–Crippen LogP) is 2.08. The highest BCUT2D eigenvalue weighted by atomic mass is 32.2. The number of rotatable bonds is 5. The van der Waals surface area contributed by atoms with Gasteiger partial charge in [-0.1, -0.05) is 28.9 Å². The number of aromatic amines is 1. The number of hydrogen-bond donors (Lipinski definition) is 1. The van der Waals surface area contributed by atoms with Crippen LogP contribution in [0.4, 0.5) is 5.82 Å². The first-order valence-corrected chi connectivity index (χ1v) is 13.7. The van der Waals surface area contributed by atoms with E-state index in [-0.39, 0.29) is 35.3 Å². The fourth-order valence-corrected chi connectivity index (χ4v) is 6.64. The fraction of sp³-hybridized carbons (Fsp3) is 0.360. The molecule has 0 radical (unpaired) electrons. The van der Waals surface area contributed by atoms with E-state index in [1.165, 1.54) is 15.1 Å². The van der Waals surface area contributed by atoms with Crippen molar-refractivity contribution in [1.82, 2.24) is 29.2 Å². The van der Waals surface area contributed by atoms with Crippen molar-refractivity contribution in [2.75, 3.05) is 31.2 Å². The van der Waals surface area contributed by atoms with E-state index in [0.717, 1.165) is 11.1 Å². The number of benzene rings is 1. The van der Waals surface area contributed by atoms with E-state index in [2.05, 4.69) is 20.1 Å². The lowest BCUT2D eigenvalue weighted by Gasteiger charge is -2.29. The molecule has 198 valence electrons. The molecule has 0 atom stereocenters. The van der Waals surface area contributed by atoms with E-state index in [1.807, 2.05) is 31.2 Å². The lowest BCUT2D eigenvalue weighted by atomic mass is 10.1. The number of aryl methyl sites for hydroxylation is 3. The Hall–Kier alpha value is -3.81. The Morgan fingerprint density at radius 1 is 1.03 bits per heavy atom. The smallest absolute Gasteiger partial charge is 0.274 e. The molecule has 1 aromatic carbocycles. The summed E-state index contributed by atoms with van der Waals surface area (Å²) in [7, 11) is -3.90. The van der Waals surface area contributed by atoms with Crippen LogP contribution in [0.15, 0.2) is 44.5 Å². The van der Waals surface area contributed by atoms with Gasteiger partial charge in [-0.2, -0.15) is 14.0 Å². The van der Waals surface area contributed by atoms with Gasteiger partial charge in [0.25, 0.3) is 11.5 Å². The number of fused-ring (bicyclic) bond motifs is 1. The maximum Gasteiger partial charge on any atom is 0.274 e. The monoisotopic (exact) mass is 537 g/mol. The minimum absolute atomic E-state index is 0.0365. The van der Waals surface area contributed by atoms with Crippen LogP contribution in [0.1, 0.15) is 28.3 Å². The number of hydrogen-bond acceptors (Lipinski definition) is 9. The van der Waals surface area contributed by atoms with Gasteiger partial charge in [0.15, 0.2) is 5.76 Å². The molecule has 1 fully saturated rings. The molecule has 4 aromatic rings. The molecule has 6 rings (SSSR count). The first-order valence-electron chi connectivity index (χ1n) is 12.3. The first-order chi connectivity index (χ1) is 18.2. The zero-order valence-corrected chi connectivity index (χ0v) is 22.1. The second-order valence-corrected chi connectivity index (χ2v) is 11.4. The van der Waals surface area contributed by atoms with E-state index in [1.54, 1.807) is 13.8 Å². The van der Waals surface area contributed by atoms with Crippen molar-refractivity contribution in [1.29, 1.82) is 0 Å². The fourth-order valence-electron chi connectivity index (χ4n) is 4.98. The lowest BCUT2D eigenvalue weighted by Crippen LogP contribution is -2.38. The van der Waals surface area contributed by atoms with Crippen LogP contribution in [0.5, 0.6) is 0 Å². The Bertz CT molecular complexity index is 1680. The molecule has 0 unspecified atom stereocenters. The summed E-state index contributed by atoms with van der Waals surface area (Å²) in [6.07, 6.45) is 0. The summed E-state index contributed by atoms with van der Waals surface area (Å²) in [5, 5.41) is 6.94. The number of ether oxygens (including phenoxy) is 1. The Balaban J connectivity index is 1.44. The summed E-state index contributed by atoms with van der Waals surface area (Å²) in [6, 6.07) is 9.32. The van der Waals surface area contributed by atoms with Crippen LogP contribution in [0.3, 0.4) is 0 Å². The molecule has 0 aliphatic carbocycles. The van der Waals surface area contributed by atoms with Crippen molar-refractivity contribution < 1.29 is 17.7 Å². The van der Waals surface area contributed by atoms with Gasteiger partial charge in [0.2, 0.25) is 10.0 Å². The van der Waals surface area contributed by atoms with Gasteiger partial charge in [-0.3, -0.25) is 9.89 Å². The second-order valence-electron chi connectivity index (χ2n) is 9.51. The van der Waals surface area contributed by atoms with Crippen molar-refractivity contribution in [3.05, 3.63) is 69.0 Å². The second kappa shape index (κ2) is 9.19. The summed E-state index contributed by atoms with van der Waals surface area (Å²) >= 11 is 0. The molecule has 1 saturated heterocycles. The normalized spacial score (nSPS) is 16.2. The van der Waals surface area contributed by atoms with Crippen LogP contribution in [0.25, 0.3) is 17.2 Å². The molecule has 13 heteroatoms. The van der Waals surface area contributed by atoms with Crippen LogP contribution in [0, 0.1) is 20.8 Å². The molecule has 0 saturated carbocycles. The van der Waals surface area contributed by atoms with Gasteiger partial charge in [0, 0.05) is 31.3 Å². The Labute approximate surface area is 218 Å². The van der Waals surface area contributed by atoms with Crippen LogP contribution in [0.2, 0.25) is 0 Å². The van der Waals surface area contributed by atoms with E-state index in [4.69, 9.17) is 14.2 Å². The topological polar surface area (TPSA) is 139 Å². The van der Waals surface area contributed by atoms with Crippen LogP contribution in [-0.2, 0) is 27.8 Å². The van der Waals surface area contributed by atoms with Crippen LogP contribution in [-0.4, -0.2) is 63.9 Å². The number of aromatic nitrogens is 5. The van der Waals surface area contributed by atoms with Crippen molar-refractivity contribution in [3.8, 4) is 17.2 Å². The van der Waals surface area contributed by atoms with Crippen molar-refractivity contribution in [2.24, 2.45) is 0 Å². The van der Waals surface area contributed by atoms with Gasteiger partial charge in [0.1, 0.15) is 16.4 Å². The van der Waals surface area contributed by atoms with Gasteiger partial charge >= 0.3 is 0 Å². The standard InChI is InChI=1S/C25H27N7O5S/c1-15-5-4-6-18(11-15)20-12-22(33)32(28-20)25-26-21-14-31(38(34,35)23-16(2)29-37-17(23)3)13-19(21)24(27-25)30-7-9-36-10-8-30/h4-6,11-12,28H,7-10,13-14H2,1-3H3. The number of nitrogens with one attached hydrogen (secondary N) is 1. The molecule has 0 amide bonds. The number of sulfonamides is 1. The van der Waals surface area contributed by atoms with Crippen molar-refractivity contribution in [3.63, 3.8) is 0 Å². The first kappa shape index (κ1) is 24.5. The average molecular weight is 538 g/mol. The largest absolute Gasteiger partial charge is 0.378 e. The molecular formula is C25H27N7O5S. The maximum absolute atomic E-state index is 13.6. The van der Waals surface area contributed by atoms with Gasteiger partial charge in [-0.15, -0.1) is 0 Å². The van der Waals surface area contributed by atoms with Crippen LogP contribution < -0.4 is 10.5 Å². The Kier molecular flexibility index (Phi) is 5.93. The number of morpholine rings is 1. The van der Waals surface area contributed by atoms with Gasteiger partial charge in [0.05, 0.1) is 31.1 Å². The SMILES string of the molecule is Cc1cccc(-c2cc(=O)n(-c3nc4c(c(N5CCOCC5)n3)CN(S(=O)(=O)c3c(C)noc3C)C4)[nH]2)c1. The molecule has 38 heavy (non-hydrogen) atoms. The lowest BCUT2D eigenvalue weighted by molar-refractivity contribution is 0.122. The molecule has 5 heterocycles. The van der Waals surface area contributed by atoms with Gasteiger partial charge in [-0.25, -0.2) is 13.4 Å². The minimum Gasteiger partial charge on any atom is -0.378 e. The zero-order chi connectivity index (χ0) is 26.6. The van der Waals surface area contributed by atoms with E-state index in [0.29, 0.717) is 54.8 Å². The minimum atomic E-state index is -3.90. The summed E-state index contributed by atoms with van der Waals surface area (Å²) in [5.74, 6) is 0.995. The van der Waals surface area contributed by atoms with E-state index < -0.39 is 10.0 Å². The molecular weight excluding hydrogens is 510 g/mol. The van der Waals surface area contributed by atoms with Gasteiger partial charge in [-0.05, 0) is 32.4 Å². The molecule has 0 spiro atoms. The molecule has 12 nitrogen and oxygen atoms in total. The average Bonchev–Trinajstić information content (AvgIpc) is 3.60. The highest BCUT2D eigenvalue weighted by molar-refractivity contribution is 7.89. The highest BCUT2D eigenvalue weighted by Gasteiger charge is 2.38. The Morgan fingerprint density at radius 2 is 1.82 bits per heavy atom.